The van der Waals surface area contributed by atoms with Crippen molar-refractivity contribution in [3.63, 3.8) is 0 Å². The summed E-state index contributed by atoms with van der Waals surface area (Å²) < 4.78 is 0.303. The Bertz CT molecular complexity index is 576. The Labute approximate surface area is 119 Å². The highest BCUT2D eigenvalue weighted by Gasteiger charge is 2.37. The third kappa shape index (κ3) is 2.37. The van der Waals surface area contributed by atoms with Crippen molar-refractivity contribution in [2.75, 3.05) is 12.8 Å². The monoisotopic (exact) mass is 272 g/mol. The standard InChI is InChI=1S/C16H20N2S/c1-16(8-4-10-19-16)15(17-2)13-7-6-12-5-3-9-18-14(12)11-13/h3,5-7,9,11,15,17H,4,8,10H2,1-2H3. The molecule has 2 atom stereocenters. The molecule has 0 saturated carbocycles. The third-order valence-corrected chi connectivity index (χ3v) is 5.70. The highest BCUT2D eigenvalue weighted by molar-refractivity contribution is 8.00. The molecule has 1 aliphatic heterocycles. The number of fused-ring (bicyclic) bond motifs is 1. The van der Waals surface area contributed by atoms with Crippen LogP contribution in [-0.4, -0.2) is 22.5 Å². The summed E-state index contributed by atoms with van der Waals surface area (Å²) in [6, 6.07) is 11.2. The lowest BCUT2D eigenvalue weighted by molar-refractivity contribution is 0.441. The van der Waals surface area contributed by atoms with Crippen LogP contribution >= 0.6 is 11.8 Å². The molecule has 0 amide bonds. The molecule has 0 bridgehead atoms. The van der Waals surface area contributed by atoms with Gasteiger partial charge in [-0.05, 0) is 50.3 Å². The number of thioether (sulfide) groups is 1. The van der Waals surface area contributed by atoms with Gasteiger partial charge in [-0.2, -0.15) is 11.8 Å². The minimum atomic E-state index is 0.303. The van der Waals surface area contributed by atoms with Gasteiger partial charge in [-0.1, -0.05) is 18.2 Å². The molecule has 3 rings (SSSR count). The van der Waals surface area contributed by atoms with Crippen molar-refractivity contribution in [1.82, 2.24) is 10.3 Å². The molecule has 1 fully saturated rings. The second kappa shape index (κ2) is 5.14. The van der Waals surface area contributed by atoms with Crippen LogP contribution in [0.2, 0.25) is 0 Å². The molecule has 1 aliphatic rings. The molecule has 0 radical (unpaired) electrons. The third-order valence-electron chi connectivity index (χ3n) is 4.11. The zero-order chi connectivity index (χ0) is 13.3. The van der Waals surface area contributed by atoms with E-state index in [0.717, 1.165) is 5.52 Å². The molecule has 0 spiro atoms. The molecule has 1 N–H and O–H groups in total. The quantitative estimate of drug-likeness (QED) is 0.920. The largest absolute Gasteiger partial charge is 0.312 e. The van der Waals surface area contributed by atoms with Gasteiger partial charge >= 0.3 is 0 Å². The summed E-state index contributed by atoms with van der Waals surface area (Å²) >= 11 is 2.09. The number of hydrogen-bond acceptors (Lipinski definition) is 3. The fourth-order valence-corrected chi connectivity index (χ4v) is 4.58. The topological polar surface area (TPSA) is 24.9 Å². The fourth-order valence-electron chi connectivity index (χ4n) is 3.12. The summed E-state index contributed by atoms with van der Waals surface area (Å²) in [6.45, 7) is 2.38. The van der Waals surface area contributed by atoms with Crippen molar-refractivity contribution in [3.8, 4) is 0 Å². The van der Waals surface area contributed by atoms with Gasteiger partial charge in [-0.3, -0.25) is 4.98 Å². The summed E-state index contributed by atoms with van der Waals surface area (Å²) in [5, 5.41) is 4.73. The van der Waals surface area contributed by atoms with Crippen LogP contribution in [0.25, 0.3) is 10.9 Å². The Balaban J connectivity index is 2.01. The minimum absolute atomic E-state index is 0.303. The van der Waals surface area contributed by atoms with E-state index in [4.69, 9.17) is 0 Å². The second-order valence-corrected chi connectivity index (χ2v) is 7.07. The molecule has 1 saturated heterocycles. The van der Waals surface area contributed by atoms with Gasteiger partial charge in [-0.25, -0.2) is 0 Å². The highest BCUT2D eigenvalue weighted by Crippen LogP contribution is 2.46. The summed E-state index contributed by atoms with van der Waals surface area (Å²) in [4.78, 5) is 4.47. The molecular formula is C16H20N2S. The molecule has 2 unspecified atom stereocenters. The molecule has 2 nitrogen and oxygen atoms in total. The SMILES string of the molecule is CNC(c1ccc2cccnc2c1)C1(C)CCCS1. The van der Waals surface area contributed by atoms with Gasteiger partial charge in [0.05, 0.1) is 5.52 Å². The van der Waals surface area contributed by atoms with Gasteiger partial charge in [0.25, 0.3) is 0 Å². The Morgan fingerprint density at radius 2 is 2.26 bits per heavy atom. The van der Waals surface area contributed by atoms with E-state index in [1.165, 1.54) is 29.5 Å². The molecular weight excluding hydrogens is 252 g/mol. The van der Waals surface area contributed by atoms with Crippen molar-refractivity contribution in [3.05, 3.63) is 42.1 Å². The Kier molecular flexibility index (Phi) is 3.50. The first-order valence-corrected chi connectivity index (χ1v) is 7.87. The number of rotatable bonds is 3. The first-order chi connectivity index (χ1) is 9.23. The first-order valence-electron chi connectivity index (χ1n) is 6.89. The maximum Gasteiger partial charge on any atom is 0.0705 e. The molecule has 1 aromatic carbocycles. The number of nitrogens with one attached hydrogen (secondary N) is 1. The lowest BCUT2D eigenvalue weighted by atomic mass is 9.90. The van der Waals surface area contributed by atoms with Crippen molar-refractivity contribution < 1.29 is 0 Å². The second-order valence-electron chi connectivity index (χ2n) is 5.44. The van der Waals surface area contributed by atoms with Crippen LogP contribution in [-0.2, 0) is 0 Å². The zero-order valence-corrected chi connectivity index (χ0v) is 12.3. The van der Waals surface area contributed by atoms with Crippen molar-refractivity contribution >= 4 is 22.7 Å². The molecule has 100 valence electrons. The summed E-state index contributed by atoms with van der Waals surface area (Å²) in [5.41, 5.74) is 2.44. The van der Waals surface area contributed by atoms with E-state index in [9.17, 15) is 0 Å². The maximum absolute atomic E-state index is 4.47. The van der Waals surface area contributed by atoms with Crippen molar-refractivity contribution in [2.24, 2.45) is 0 Å². The predicted molar refractivity (Wildman–Crippen MR) is 83.6 cm³/mol. The van der Waals surface area contributed by atoms with Crippen LogP contribution in [0, 0.1) is 0 Å². The van der Waals surface area contributed by atoms with Crippen LogP contribution in [0.5, 0.6) is 0 Å². The molecule has 2 heterocycles. The van der Waals surface area contributed by atoms with E-state index >= 15 is 0 Å². The number of pyridine rings is 1. The number of hydrogen-bond donors (Lipinski definition) is 1. The number of benzene rings is 1. The Hall–Kier alpha value is -1.06. The molecule has 0 aliphatic carbocycles. The Morgan fingerprint density at radius 1 is 1.37 bits per heavy atom. The first kappa shape index (κ1) is 12.9. The van der Waals surface area contributed by atoms with Gasteiger partial charge < -0.3 is 5.32 Å². The molecule has 19 heavy (non-hydrogen) atoms. The summed E-state index contributed by atoms with van der Waals surface area (Å²) in [7, 11) is 2.07. The van der Waals surface area contributed by atoms with Gasteiger partial charge in [0.2, 0.25) is 0 Å². The van der Waals surface area contributed by atoms with Gasteiger partial charge in [0.15, 0.2) is 0 Å². The van der Waals surface area contributed by atoms with E-state index in [1.807, 2.05) is 12.3 Å². The van der Waals surface area contributed by atoms with E-state index < -0.39 is 0 Å². The molecule has 2 aromatic rings. The molecule has 1 aromatic heterocycles. The maximum atomic E-state index is 4.47. The van der Waals surface area contributed by atoms with Gasteiger partial charge in [-0.15, -0.1) is 0 Å². The van der Waals surface area contributed by atoms with E-state index in [1.54, 1.807) is 0 Å². The lowest BCUT2D eigenvalue weighted by Gasteiger charge is -2.33. The van der Waals surface area contributed by atoms with Crippen molar-refractivity contribution in [1.29, 1.82) is 0 Å². The van der Waals surface area contributed by atoms with Gasteiger partial charge in [0.1, 0.15) is 0 Å². The van der Waals surface area contributed by atoms with Gasteiger partial charge in [0, 0.05) is 22.4 Å². The molecule has 3 heteroatoms. The van der Waals surface area contributed by atoms with Crippen LogP contribution in [0.1, 0.15) is 31.4 Å². The van der Waals surface area contributed by atoms with Crippen LogP contribution in [0.4, 0.5) is 0 Å². The van der Waals surface area contributed by atoms with Crippen LogP contribution in [0.3, 0.4) is 0 Å². The predicted octanol–water partition coefficient (Wildman–Crippen LogP) is 3.78. The Morgan fingerprint density at radius 3 is 3.00 bits per heavy atom. The average molecular weight is 272 g/mol. The average Bonchev–Trinajstić information content (AvgIpc) is 2.87. The fraction of sp³-hybridized carbons (Fsp3) is 0.438. The van der Waals surface area contributed by atoms with Crippen molar-refractivity contribution in [2.45, 2.75) is 30.6 Å². The van der Waals surface area contributed by atoms with Crippen LogP contribution in [0.15, 0.2) is 36.5 Å². The normalized spacial score (nSPS) is 24.7. The highest BCUT2D eigenvalue weighted by atomic mass is 32.2. The minimum Gasteiger partial charge on any atom is -0.312 e. The van der Waals surface area contributed by atoms with Crippen LogP contribution < -0.4 is 5.32 Å². The zero-order valence-electron chi connectivity index (χ0n) is 11.5. The van der Waals surface area contributed by atoms with E-state index in [-0.39, 0.29) is 0 Å². The summed E-state index contributed by atoms with van der Waals surface area (Å²) in [6.07, 6.45) is 4.47. The van der Waals surface area contributed by atoms with E-state index in [0.29, 0.717) is 10.8 Å². The lowest BCUT2D eigenvalue weighted by Crippen LogP contribution is -2.35. The summed E-state index contributed by atoms with van der Waals surface area (Å²) in [5.74, 6) is 1.28. The smallest absolute Gasteiger partial charge is 0.0705 e. The van der Waals surface area contributed by atoms with E-state index in [2.05, 4.69) is 60.3 Å². The number of aromatic nitrogens is 1. The number of nitrogens with zero attached hydrogens (tertiary/aromatic N) is 1.